The van der Waals surface area contributed by atoms with Crippen LogP contribution in [0.15, 0.2) is 29.2 Å². The summed E-state index contributed by atoms with van der Waals surface area (Å²) in [5, 5.41) is 10.1. The molecule has 26 heavy (non-hydrogen) atoms. The van der Waals surface area contributed by atoms with Gasteiger partial charge in [0.15, 0.2) is 0 Å². The molecule has 1 aliphatic rings. The van der Waals surface area contributed by atoms with Crippen LogP contribution in [0.5, 0.6) is 0 Å². The van der Waals surface area contributed by atoms with E-state index >= 15 is 0 Å². The zero-order valence-corrected chi connectivity index (χ0v) is 17.6. The summed E-state index contributed by atoms with van der Waals surface area (Å²) >= 11 is 0. The van der Waals surface area contributed by atoms with Gasteiger partial charge in [0.1, 0.15) is 0 Å². The topological polar surface area (TPSA) is 63.6 Å². The quantitative estimate of drug-likeness (QED) is 0.526. The van der Waals surface area contributed by atoms with E-state index in [9.17, 15) is 13.5 Å². The summed E-state index contributed by atoms with van der Waals surface area (Å²) in [5.74, 6) is 1.33. The van der Waals surface area contributed by atoms with E-state index in [2.05, 4.69) is 6.92 Å². The summed E-state index contributed by atoms with van der Waals surface area (Å²) in [6, 6.07) is 6.54. The molecule has 1 aromatic carbocycles. The van der Waals surface area contributed by atoms with E-state index in [0.717, 1.165) is 12.0 Å². The van der Waals surface area contributed by atoms with Crippen molar-refractivity contribution in [2.24, 2.45) is 11.8 Å². The van der Waals surface area contributed by atoms with Gasteiger partial charge in [-0.05, 0) is 43.7 Å². The minimum atomic E-state index is -3.79. The van der Waals surface area contributed by atoms with Crippen molar-refractivity contribution in [3.05, 3.63) is 29.8 Å². The van der Waals surface area contributed by atoms with Crippen molar-refractivity contribution in [2.45, 2.75) is 83.6 Å². The Labute approximate surface area is 160 Å². The first-order valence-electron chi connectivity index (χ1n) is 10.0. The Morgan fingerprint density at radius 3 is 2.38 bits per heavy atom. The number of aliphatic hydroxyl groups excluding tert-OH is 1. The molecule has 0 aliphatic heterocycles. The van der Waals surface area contributed by atoms with Crippen LogP contribution in [-0.2, 0) is 14.3 Å². The molecule has 3 atom stereocenters. The summed E-state index contributed by atoms with van der Waals surface area (Å²) in [6.45, 7) is 8.02. The molecule has 0 aromatic heterocycles. The highest BCUT2D eigenvalue weighted by atomic mass is 32.2. The van der Waals surface area contributed by atoms with Gasteiger partial charge in [0.2, 0.25) is 0 Å². The lowest BCUT2D eigenvalue weighted by Gasteiger charge is -2.22. The van der Waals surface area contributed by atoms with Crippen LogP contribution in [0.25, 0.3) is 0 Å². The van der Waals surface area contributed by atoms with Gasteiger partial charge in [-0.2, -0.15) is 8.42 Å². The lowest BCUT2D eigenvalue weighted by molar-refractivity contribution is 0.0925. The summed E-state index contributed by atoms with van der Waals surface area (Å²) in [4.78, 5) is 0.137. The maximum atomic E-state index is 12.1. The molecule has 0 bridgehead atoms. The van der Waals surface area contributed by atoms with E-state index < -0.39 is 16.2 Å². The van der Waals surface area contributed by atoms with Crippen molar-refractivity contribution >= 4 is 10.1 Å². The van der Waals surface area contributed by atoms with Crippen molar-refractivity contribution in [1.82, 2.24) is 0 Å². The van der Waals surface area contributed by atoms with Crippen LogP contribution in [0.1, 0.15) is 71.3 Å². The highest BCUT2D eigenvalue weighted by Gasteiger charge is 2.22. The van der Waals surface area contributed by atoms with Crippen LogP contribution < -0.4 is 0 Å². The molecule has 1 fully saturated rings. The summed E-state index contributed by atoms with van der Waals surface area (Å²) in [6.07, 6.45) is 7.16. The molecule has 0 saturated heterocycles. The third-order valence-electron chi connectivity index (χ3n) is 5.14. The average Bonchev–Trinajstić information content (AvgIpc) is 2.84. The number of aryl methyl sites for hydroxylation is 1. The van der Waals surface area contributed by atoms with Crippen LogP contribution in [0, 0.1) is 18.8 Å². The van der Waals surface area contributed by atoms with Gasteiger partial charge in [-0.15, -0.1) is 0 Å². The number of rotatable bonds is 7. The molecule has 1 N–H and O–H groups in total. The second kappa shape index (κ2) is 11.7. The Morgan fingerprint density at radius 2 is 1.73 bits per heavy atom. The molecule has 2 rings (SSSR count). The largest absolute Gasteiger partial charge is 0.391 e. The number of aliphatic hydroxyl groups is 1. The second-order valence-electron chi connectivity index (χ2n) is 7.16. The van der Waals surface area contributed by atoms with Gasteiger partial charge in [-0.1, -0.05) is 70.6 Å². The first-order chi connectivity index (χ1) is 12.4. The van der Waals surface area contributed by atoms with Gasteiger partial charge in [0, 0.05) is 0 Å². The third-order valence-corrected chi connectivity index (χ3v) is 6.43. The van der Waals surface area contributed by atoms with Gasteiger partial charge < -0.3 is 5.11 Å². The lowest BCUT2D eigenvalue weighted by Crippen LogP contribution is -2.21. The molecule has 0 spiro atoms. The summed E-state index contributed by atoms with van der Waals surface area (Å²) in [5.41, 5.74) is 0.992. The Bertz CT molecular complexity index is 595. The molecule has 1 saturated carbocycles. The van der Waals surface area contributed by atoms with Gasteiger partial charge in [-0.3, -0.25) is 4.18 Å². The molecule has 1 aliphatic carbocycles. The van der Waals surface area contributed by atoms with E-state index in [1.165, 1.54) is 44.2 Å². The van der Waals surface area contributed by atoms with Crippen molar-refractivity contribution < 1.29 is 17.7 Å². The molecule has 0 heterocycles. The van der Waals surface area contributed by atoms with Crippen molar-refractivity contribution in [3.63, 3.8) is 0 Å². The maximum Gasteiger partial charge on any atom is 0.297 e. The van der Waals surface area contributed by atoms with Crippen LogP contribution in [-0.4, -0.2) is 26.2 Å². The fourth-order valence-electron chi connectivity index (χ4n) is 3.43. The molecule has 5 heteroatoms. The van der Waals surface area contributed by atoms with Gasteiger partial charge in [0.05, 0.1) is 17.6 Å². The van der Waals surface area contributed by atoms with Gasteiger partial charge in [-0.25, -0.2) is 0 Å². The van der Waals surface area contributed by atoms with Gasteiger partial charge >= 0.3 is 0 Å². The lowest BCUT2D eigenvalue weighted by atomic mass is 9.85. The first-order valence-corrected chi connectivity index (χ1v) is 11.4. The van der Waals surface area contributed by atoms with E-state index in [0.29, 0.717) is 18.3 Å². The third kappa shape index (κ3) is 7.77. The molecule has 0 radical (unpaired) electrons. The van der Waals surface area contributed by atoms with Crippen molar-refractivity contribution in [2.75, 3.05) is 6.61 Å². The molecule has 0 amide bonds. The van der Waals surface area contributed by atoms with Gasteiger partial charge in [0.25, 0.3) is 10.1 Å². The first kappa shape index (κ1) is 23.1. The van der Waals surface area contributed by atoms with Crippen LogP contribution in [0.2, 0.25) is 0 Å². The minimum absolute atomic E-state index is 0.137. The molecule has 150 valence electrons. The fourth-order valence-corrected chi connectivity index (χ4v) is 4.37. The summed E-state index contributed by atoms with van der Waals surface area (Å²) in [7, 11) is -3.79. The zero-order chi connectivity index (χ0) is 19.6. The van der Waals surface area contributed by atoms with E-state index in [1.807, 2.05) is 20.8 Å². The molecule has 3 unspecified atom stereocenters. The fraction of sp³-hybridized carbons (Fsp3) is 0.714. The zero-order valence-electron chi connectivity index (χ0n) is 16.8. The smallest absolute Gasteiger partial charge is 0.297 e. The minimum Gasteiger partial charge on any atom is -0.391 e. The average molecular weight is 385 g/mol. The molecular formula is C21H36O4S. The Balaban J connectivity index is 0.00000163. The van der Waals surface area contributed by atoms with E-state index in [-0.39, 0.29) is 11.5 Å². The normalized spacial score (nSPS) is 22.0. The molecule has 1 aromatic rings. The number of hydrogen-bond donors (Lipinski definition) is 1. The van der Waals surface area contributed by atoms with Crippen LogP contribution in [0.4, 0.5) is 0 Å². The van der Waals surface area contributed by atoms with E-state index in [4.69, 9.17) is 4.18 Å². The predicted octanol–water partition coefficient (Wildman–Crippen LogP) is 5.08. The highest BCUT2D eigenvalue weighted by Crippen LogP contribution is 2.32. The Morgan fingerprint density at radius 1 is 1.12 bits per heavy atom. The maximum absolute atomic E-state index is 12.1. The van der Waals surface area contributed by atoms with Crippen LogP contribution >= 0.6 is 0 Å². The van der Waals surface area contributed by atoms with E-state index in [1.54, 1.807) is 12.1 Å². The SMILES string of the molecule is CC.Cc1ccc(S(=O)(=O)OCC(O)CCC2CCCCCC2C)cc1. The van der Waals surface area contributed by atoms with Crippen molar-refractivity contribution in [3.8, 4) is 0 Å². The second-order valence-corrected chi connectivity index (χ2v) is 8.77. The van der Waals surface area contributed by atoms with Crippen molar-refractivity contribution in [1.29, 1.82) is 0 Å². The Kier molecular flexibility index (Phi) is 10.4. The predicted molar refractivity (Wildman–Crippen MR) is 107 cm³/mol. The molecule has 4 nitrogen and oxygen atoms in total. The Hall–Kier alpha value is -0.910. The summed E-state index contributed by atoms with van der Waals surface area (Å²) < 4.78 is 29.3. The monoisotopic (exact) mass is 384 g/mol. The highest BCUT2D eigenvalue weighted by molar-refractivity contribution is 7.86. The standard InChI is InChI=1S/C19H30O4S.C2H6/c1-15-8-12-19(13-9-15)24(21,22)23-14-18(20)11-10-17-7-5-3-4-6-16(17)2;1-2/h8-9,12-13,16-18,20H,3-7,10-11,14H2,1-2H3;1-2H3. The van der Waals surface area contributed by atoms with Crippen LogP contribution in [0.3, 0.4) is 0 Å². The number of benzene rings is 1. The number of hydrogen-bond acceptors (Lipinski definition) is 4. The molecular weight excluding hydrogens is 348 g/mol.